The van der Waals surface area contributed by atoms with E-state index in [-0.39, 0.29) is 23.5 Å². The van der Waals surface area contributed by atoms with Gasteiger partial charge in [-0.15, -0.1) is 0 Å². The average Bonchev–Trinajstić information content (AvgIpc) is 3.28. The Morgan fingerprint density at radius 1 is 1.36 bits per heavy atom. The molecule has 1 saturated heterocycles. The molecule has 1 aliphatic rings. The molecule has 1 amide bonds. The van der Waals surface area contributed by atoms with E-state index in [0.29, 0.717) is 29.3 Å². The molecule has 8 nitrogen and oxygen atoms in total. The molecule has 0 aliphatic carbocycles. The monoisotopic (exact) mass is 468 g/mol. The standard InChI is InChI=1S/C23H22ClFN6O2/c1-33-21-11-19-16(22(29-13-28-19)30-15-4-5-18(25)17(24)10-15)9-14(21)12-31-8-2-3-20(31)23(32)27-7-6-26/h4-5,9-11,13,20H,2-3,7-8,12H2,1H3,(H,27,32)(H,28,29,30)/t20-/m0/s1. The van der Waals surface area contributed by atoms with Gasteiger partial charge in [-0.05, 0) is 43.7 Å². The third-order valence-corrected chi connectivity index (χ3v) is 5.89. The fourth-order valence-corrected chi connectivity index (χ4v) is 4.21. The van der Waals surface area contributed by atoms with Crippen LogP contribution in [-0.4, -0.2) is 47.0 Å². The van der Waals surface area contributed by atoms with Gasteiger partial charge in [-0.3, -0.25) is 9.69 Å². The number of benzene rings is 2. The zero-order chi connectivity index (χ0) is 23.4. The van der Waals surface area contributed by atoms with E-state index >= 15 is 0 Å². The van der Waals surface area contributed by atoms with E-state index in [1.54, 1.807) is 13.2 Å². The van der Waals surface area contributed by atoms with Crippen molar-refractivity contribution in [2.45, 2.75) is 25.4 Å². The number of rotatable bonds is 7. The zero-order valence-corrected chi connectivity index (χ0v) is 18.7. The number of nitrogens with one attached hydrogen (secondary N) is 2. The van der Waals surface area contributed by atoms with Gasteiger partial charge in [0.05, 0.1) is 29.8 Å². The predicted molar refractivity (Wildman–Crippen MR) is 123 cm³/mol. The number of amides is 1. The van der Waals surface area contributed by atoms with E-state index in [9.17, 15) is 9.18 Å². The molecule has 1 aromatic heterocycles. The molecule has 33 heavy (non-hydrogen) atoms. The number of ether oxygens (including phenoxy) is 1. The Labute approximate surface area is 195 Å². The summed E-state index contributed by atoms with van der Waals surface area (Å²) in [5.41, 5.74) is 2.14. The fraction of sp³-hybridized carbons (Fsp3) is 0.304. The Bertz CT molecular complexity index is 1230. The zero-order valence-electron chi connectivity index (χ0n) is 17.9. The summed E-state index contributed by atoms with van der Waals surface area (Å²) in [7, 11) is 1.59. The first-order chi connectivity index (χ1) is 16.0. The summed E-state index contributed by atoms with van der Waals surface area (Å²) in [5.74, 6) is 0.546. The van der Waals surface area contributed by atoms with E-state index in [2.05, 4.69) is 25.5 Å². The molecule has 4 rings (SSSR count). The Hall–Kier alpha value is -3.48. The van der Waals surface area contributed by atoms with E-state index < -0.39 is 5.82 Å². The number of aromatic nitrogens is 2. The SMILES string of the molecule is COc1cc2ncnc(Nc3ccc(F)c(Cl)c3)c2cc1CN1CCC[C@H]1C(=O)NCC#N. The molecule has 0 spiro atoms. The number of nitriles is 1. The van der Waals surface area contributed by atoms with Gasteiger partial charge in [-0.25, -0.2) is 14.4 Å². The molecule has 0 unspecified atom stereocenters. The average molecular weight is 469 g/mol. The predicted octanol–water partition coefficient (Wildman–Crippen LogP) is 3.78. The Morgan fingerprint density at radius 2 is 2.21 bits per heavy atom. The number of likely N-dealkylation sites (tertiary alicyclic amines) is 1. The lowest BCUT2D eigenvalue weighted by molar-refractivity contribution is -0.125. The molecule has 1 atom stereocenters. The second kappa shape index (κ2) is 9.98. The molecule has 2 N–H and O–H groups in total. The van der Waals surface area contributed by atoms with Crippen LogP contribution in [-0.2, 0) is 11.3 Å². The second-order valence-electron chi connectivity index (χ2n) is 7.66. The van der Waals surface area contributed by atoms with Gasteiger partial charge in [-0.2, -0.15) is 5.26 Å². The lowest BCUT2D eigenvalue weighted by atomic mass is 10.1. The van der Waals surface area contributed by atoms with Crippen LogP contribution in [0.15, 0.2) is 36.7 Å². The highest BCUT2D eigenvalue weighted by molar-refractivity contribution is 6.31. The van der Waals surface area contributed by atoms with Crippen molar-refractivity contribution < 1.29 is 13.9 Å². The number of carbonyl (C=O) groups excluding carboxylic acids is 1. The van der Waals surface area contributed by atoms with E-state index in [1.807, 2.05) is 18.2 Å². The van der Waals surface area contributed by atoms with Gasteiger partial charge in [0, 0.05) is 29.2 Å². The summed E-state index contributed by atoms with van der Waals surface area (Å²) >= 11 is 5.91. The number of hydrogen-bond donors (Lipinski definition) is 2. The summed E-state index contributed by atoms with van der Waals surface area (Å²) in [6.45, 7) is 1.24. The first kappa shape index (κ1) is 22.7. The molecule has 170 valence electrons. The molecular formula is C23H22ClFN6O2. The van der Waals surface area contributed by atoms with Crippen molar-refractivity contribution in [2.75, 3.05) is 25.5 Å². The van der Waals surface area contributed by atoms with Crippen LogP contribution in [0.1, 0.15) is 18.4 Å². The minimum absolute atomic E-state index is 0.00969. The molecule has 2 heterocycles. The van der Waals surface area contributed by atoms with Crippen LogP contribution in [0.4, 0.5) is 15.9 Å². The minimum Gasteiger partial charge on any atom is -0.496 e. The fourth-order valence-electron chi connectivity index (χ4n) is 4.03. The molecule has 1 fully saturated rings. The third-order valence-electron chi connectivity index (χ3n) is 5.60. The highest BCUT2D eigenvalue weighted by Crippen LogP contribution is 2.32. The maximum absolute atomic E-state index is 13.5. The van der Waals surface area contributed by atoms with Crippen molar-refractivity contribution in [3.05, 3.63) is 53.1 Å². The molecule has 1 aliphatic heterocycles. The van der Waals surface area contributed by atoms with Gasteiger partial charge in [-0.1, -0.05) is 11.6 Å². The second-order valence-corrected chi connectivity index (χ2v) is 8.07. The van der Waals surface area contributed by atoms with E-state index in [0.717, 1.165) is 30.3 Å². The van der Waals surface area contributed by atoms with Crippen LogP contribution in [0, 0.1) is 17.1 Å². The van der Waals surface area contributed by atoms with Crippen LogP contribution in [0.2, 0.25) is 5.02 Å². The van der Waals surface area contributed by atoms with Gasteiger partial charge >= 0.3 is 0 Å². The van der Waals surface area contributed by atoms with Crippen LogP contribution in [0.25, 0.3) is 10.9 Å². The lowest BCUT2D eigenvalue weighted by Gasteiger charge is -2.24. The molecule has 3 aromatic rings. The third kappa shape index (κ3) is 4.97. The van der Waals surface area contributed by atoms with Crippen molar-refractivity contribution >= 4 is 39.9 Å². The highest BCUT2D eigenvalue weighted by Gasteiger charge is 2.31. The van der Waals surface area contributed by atoms with Crippen molar-refractivity contribution in [3.63, 3.8) is 0 Å². The Kier molecular flexibility index (Phi) is 6.87. The Morgan fingerprint density at radius 3 is 2.97 bits per heavy atom. The first-order valence-electron chi connectivity index (χ1n) is 10.4. The summed E-state index contributed by atoms with van der Waals surface area (Å²) in [6.07, 6.45) is 3.06. The lowest BCUT2D eigenvalue weighted by Crippen LogP contribution is -2.43. The number of anilines is 2. The molecule has 10 heteroatoms. The molecule has 0 saturated carbocycles. The normalized spacial score (nSPS) is 15.9. The smallest absolute Gasteiger partial charge is 0.238 e. The van der Waals surface area contributed by atoms with Gasteiger partial charge < -0.3 is 15.4 Å². The van der Waals surface area contributed by atoms with Gasteiger partial charge in [0.15, 0.2) is 0 Å². The summed E-state index contributed by atoms with van der Waals surface area (Å²) in [4.78, 5) is 23.3. The van der Waals surface area contributed by atoms with Crippen LogP contribution < -0.4 is 15.4 Å². The van der Waals surface area contributed by atoms with Gasteiger partial charge in [0.25, 0.3) is 0 Å². The molecule has 0 bridgehead atoms. The number of nitrogens with zero attached hydrogens (tertiary/aromatic N) is 4. The van der Waals surface area contributed by atoms with Gasteiger partial charge in [0.1, 0.15) is 30.3 Å². The summed E-state index contributed by atoms with van der Waals surface area (Å²) in [6, 6.07) is 9.75. The van der Waals surface area contributed by atoms with E-state index in [1.165, 1.54) is 18.5 Å². The maximum Gasteiger partial charge on any atom is 0.238 e. The largest absolute Gasteiger partial charge is 0.496 e. The number of hydrogen-bond acceptors (Lipinski definition) is 7. The molecule has 0 radical (unpaired) electrons. The summed E-state index contributed by atoms with van der Waals surface area (Å²) in [5, 5.41) is 15.3. The summed E-state index contributed by atoms with van der Waals surface area (Å²) < 4.78 is 19.1. The first-order valence-corrected chi connectivity index (χ1v) is 10.8. The van der Waals surface area contributed by atoms with Gasteiger partial charge in [0.2, 0.25) is 5.91 Å². The number of carbonyl (C=O) groups is 1. The van der Waals surface area contributed by atoms with Crippen molar-refractivity contribution in [1.82, 2.24) is 20.2 Å². The number of halogens is 2. The van der Waals surface area contributed by atoms with Crippen molar-refractivity contribution in [2.24, 2.45) is 0 Å². The highest BCUT2D eigenvalue weighted by atomic mass is 35.5. The molecular weight excluding hydrogens is 447 g/mol. The topological polar surface area (TPSA) is 103 Å². The maximum atomic E-state index is 13.5. The Balaban J connectivity index is 1.65. The van der Waals surface area contributed by atoms with Crippen LogP contribution >= 0.6 is 11.6 Å². The number of methoxy groups -OCH3 is 1. The number of fused-ring (bicyclic) bond motifs is 1. The quantitative estimate of drug-likeness (QED) is 0.508. The van der Waals surface area contributed by atoms with Crippen LogP contribution in [0.5, 0.6) is 5.75 Å². The van der Waals surface area contributed by atoms with Crippen LogP contribution in [0.3, 0.4) is 0 Å². The minimum atomic E-state index is -0.499. The van der Waals surface area contributed by atoms with Crippen molar-refractivity contribution in [3.8, 4) is 11.8 Å². The van der Waals surface area contributed by atoms with E-state index in [4.69, 9.17) is 21.6 Å². The van der Waals surface area contributed by atoms with Crippen molar-refractivity contribution in [1.29, 1.82) is 5.26 Å². The molecule has 2 aromatic carbocycles.